The fourth-order valence-electron chi connectivity index (χ4n) is 3.49. The molecule has 6 nitrogen and oxygen atoms in total. The van der Waals surface area contributed by atoms with Gasteiger partial charge in [-0.3, -0.25) is 4.99 Å². The standard InChI is InChI=1S/C22H32N6/c1-17-7-8-19(18(2)14-17)15-25-22(23-3)26-16-20-6-5-9-24-21(20)28-12-10-27(4)11-13-28/h5-9,14H,10-13,15-16H2,1-4H3,(H2,23,25,26). The highest BCUT2D eigenvalue weighted by atomic mass is 15.3. The van der Waals surface area contributed by atoms with E-state index in [0.717, 1.165) is 44.5 Å². The van der Waals surface area contributed by atoms with E-state index in [1.807, 2.05) is 19.3 Å². The molecule has 2 heterocycles. The highest BCUT2D eigenvalue weighted by Crippen LogP contribution is 2.18. The Morgan fingerprint density at radius 1 is 1.04 bits per heavy atom. The molecule has 1 aromatic heterocycles. The molecule has 1 saturated heterocycles. The predicted molar refractivity (Wildman–Crippen MR) is 117 cm³/mol. The Morgan fingerprint density at radius 3 is 2.43 bits per heavy atom. The molecule has 0 atom stereocenters. The van der Waals surface area contributed by atoms with Gasteiger partial charge in [-0.25, -0.2) is 4.98 Å². The molecule has 6 heteroatoms. The molecule has 0 aliphatic carbocycles. The van der Waals surface area contributed by atoms with Gasteiger partial charge in [0.25, 0.3) is 0 Å². The van der Waals surface area contributed by atoms with Crippen molar-refractivity contribution >= 4 is 11.8 Å². The Morgan fingerprint density at radius 2 is 1.75 bits per heavy atom. The third-order valence-corrected chi connectivity index (χ3v) is 5.28. The first-order valence-corrected chi connectivity index (χ1v) is 9.95. The summed E-state index contributed by atoms with van der Waals surface area (Å²) in [7, 11) is 3.98. The minimum absolute atomic E-state index is 0.696. The third-order valence-electron chi connectivity index (χ3n) is 5.28. The monoisotopic (exact) mass is 380 g/mol. The van der Waals surface area contributed by atoms with Crippen LogP contribution in [0, 0.1) is 13.8 Å². The van der Waals surface area contributed by atoms with Gasteiger partial charge in [-0.15, -0.1) is 0 Å². The Labute approximate surface area is 168 Å². The van der Waals surface area contributed by atoms with Gasteiger partial charge in [0, 0.05) is 58.1 Å². The third kappa shape index (κ3) is 5.23. The summed E-state index contributed by atoms with van der Waals surface area (Å²) in [6.07, 6.45) is 1.88. The number of anilines is 1. The number of aryl methyl sites for hydroxylation is 2. The van der Waals surface area contributed by atoms with Gasteiger partial charge in [0.2, 0.25) is 0 Å². The van der Waals surface area contributed by atoms with E-state index in [0.29, 0.717) is 6.54 Å². The molecular formula is C22H32N6. The van der Waals surface area contributed by atoms with E-state index in [-0.39, 0.29) is 0 Å². The maximum absolute atomic E-state index is 4.65. The number of rotatable bonds is 5. The van der Waals surface area contributed by atoms with E-state index in [2.05, 4.69) is 75.6 Å². The first-order valence-electron chi connectivity index (χ1n) is 9.95. The van der Waals surface area contributed by atoms with Crippen molar-refractivity contribution in [1.82, 2.24) is 20.5 Å². The highest BCUT2D eigenvalue weighted by molar-refractivity contribution is 5.79. The molecule has 1 fully saturated rings. The molecule has 1 aliphatic heterocycles. The molecule has 0 saturated carbocycles. The number of hydrogen-bond donors (Lipinski definition) is 2. The fourth-order valence-corrected chi connectivity index (χ4v) is 3.49. The van der Waals surface area contributed by atoms with Gasteiger partial charge in [0.1, 0.15) is 5.82 Å². The molecule has 0 spiro atoms. The predicted octanol–water partition coefficient (Wildman–Crippen LogP) is 2.32. The number of guanidine groups is 1. The average molecular weight is 381 g/mol. The number of pyridine rings is 1. The molecule has 2 N–H and O–H groups in total. The van der Waals surface area contributed by atoms with Crippen LogP contribution < -0.4 is 15.5 Å². The van der Waals surface area contributed by atoms with Crippen LogP contribution in [0.2, 0.25) is 0 Å². The van der Waals surface area contributed by atoms with Crippen molar-refractivity contribution in [1.29, 1.82) is 0 Å². The molecule has 1 aliphatic rings. The van der Waals surface area contributed by atoms with Gasteiger partial charge >= 0.3 is 0 Å². The largest absolute Gasteiger partial charge is 0.354 e. The van der Waals surface area contributed by atoms with Gasteiger partial charge in [-0.05, 0) is 38.1 Å². The minimum atomic E-state index is 0.696. The summed E-state index contributed by atoms with van der Waals surface area (Å²) in [5.74, 6) is 1.88. The number of aromatic nitrogens is 1. The Balaban J connectivity index is 1.59. The lowest BCUT2D eigenvalue weighted by Crippen LogP contribution is -2.45. The maximum atomic E-state index is 4.65. The van der Waals surface area contributed by atoms with Crippen molar-refractivity contribution in [3.05, 3.63) is 58.8 Å². The molecule has 3 rings (SSSR count). The SMILES string of the molecule is CN=C(NCc1ccc(C)cc1C)NCc1cccnc1N1CCN(C)CC1. The quantitative estimate of drug-likeness (QED) is 0.616. The first-order chi connectivity index (χ1) is 13.6. The van der Waals surface area contributed by atoms with Crippen molar-refractivity contribution < 1.29 is 0 Å². The maximum Gasteiger partial charge on any atom is 0.191 e. The number of nitrogens with zero attached hydrogens (tertiary/aromatic N) is 4. The average Bonchev–Trinajstić information content (AvgIpc) is 2.70. The second-order valence-electron chi connectivity index (χ2n) is 7.49. The summed E-state index contributed by atoms with van der Waals surface area (Å²) in [4.78, 5) is 13.8. The van der Waals surface area contributed by atoms with Crippen molar-refractivity contribution in [2.24, 2.45) is 4.99 Å². The zero-order chi connectivity index (χ0) is 19.9. The molecule has 0 bridgehead atoms. The Kier molecular flexibility index (Phi) is 6.87. The van der Waals surface area contributed by atoms with E-state index in [4.69, 9.17) is 0 Å². The topological polar surface area (TPSA) is 55.8 Å². The summed E-state index contributed by atoms with van der Waals surface area (Å²) in [6, 6.07) is 10.7. The van der Waals surface area contributed by atoms with Crippen LogP contribution in [0.1, 0.15) is 22.3 Å². The van der Waals surface area contributed by atoms with E-state index in [1.165, 1.54) is 22.3 Å². The van der Waals surface area contributed by atoms with Crippen LogP contribution in [-0.4, -0.2) is 56.1 Å². The van der Waals surface area contributed by atoms with Crippen LogP contribution in [0.4, 0.5) is 5.82 Å². The first kappa shape index (κ1) is 20.1. The number of nitrogens with one attached hydrogen (secondary N) is 2. The zero-order valence-electron chi connectivity index (χ0n) is 17.5. The van der Waals surface area contributed by atoms with E-state index in [1.54, 1.807) is 0 Å². The van der Waals surface area contributed by atoms with Crippen LogP contribution in [0.5, 0.6) is 0 Å². The summed E-state index contributed by atoms with van der Waals surface area (Å²) in [5.41, 5.74) is 5.07. The van der Waals surface area contributed by atoms with Gasteiger partial charge in [0.05, 0.1) is 0 Å². The fraction of sp³-hybridized carbons (Fsp3) is 0.455. The second kappa shape index (κ2) is 9.55. The lowest BCUT2D eigenvalue weighted by molar-refractivity contribution is 0.312. The lowest BCUT2D eigenvalue weighted by atomic mass is 10.1. The summed E-state index contributed by atoms with van der Waals surface area (Å²) in [6.45, 7) is 9.90. The van der Waals surface area contributed by atoms with Gasteiger partial charge < -0.3 is 20.4 Å². The highest BCUT2D eigenvalue weighted by Gasteiger charge is 2.18. The normalized spacial score (nSPS) is 15.6. The summed E-state index contributed by atoms with van der Waals surface area (Å²) >= 11 is 0. The van der Waals surface area contributed by atoms with E-state index >= 15 is 0 Å². The van der Waals surface area contributed by atoms with Crippen LogP contribution in [-0.2, 0) is 13.1 Å². The molecule has 1 aromatic carbocycles. The Hall–Kier alpha value is -2.60. The molecule has 0 radical (unpaired) electrons. The Bertz CT molecular complexity index is 808. The van der Waals surface area contributed by atoms with Gasteiger partial charge in [-0.1, -0.05) is 29.8 Å². The molecule has 0 unspecified atom stereocenters. The van der Waals surface area contributed by atoms with Crippen molar-refractivity contribution in [3.8, 4) is 0 Å². The number of aliphatic imine (C=N–C) groups is 1. The number of benzene rings is 1. The van der Waals surface area contributed by atoms with Gasteiger partial charge in [0.15, 0.2) is 5.96 Å². The van der Waals surface area contributed by atoms with Crippen molar-refractivity contribution in [3.63, 3.8) is 0 Å². The summed E-state index contributed by atoms with van der Waals surface area (Å²) < 4.78 is 0. The lowest BCUT2D eigenvalue weighted by Gasteiger charge is -2.34. The zero-order valence-corrected chi connectivity index (χ0v) is 17.5. The molecule has 28 heavy (non-hydrogen) atoms. The van der Waals surface area contributed by atoms with Crippen molar-refractivity contribution in [2.45, 2.75) is 26.9 Å². The van der Waals surface area contributed by atoms with Crippen LogP contribution in [0.3, 0.4) is 0 Å². The minimum Gasteiger partial charge on any atom is -0.354 e. The van der Waals surface area contributed by atoms with E-state index < -0.39 is 0 Å². The molecule has 150 valence electrons. The summed E-state index contributed by atoms with van der Waals surface area (Å²) in [5, 5.41) is 6.86. The molecule has 0 amide bonds. The van der Waals surface area contributed by atoms with Crippen molar-refractivity contribution in [2.75, 3.05) is 45.2 Å². The van der Waals surface area contributed by atoms with E-state index in [9.17, 15) is 0 Å². The van der Waals surface area contributed by atoms with Crippen LogP contribution in [0.25, 0.3) is 0 Å². The number of piperazine rings is 1. The second-order valence-corrected chi connectivity index (χ2v) is 7.49. The number of hydrogen-bond acceptors (Lipinski definition) is 4. The molecular weight excluding hydrogens is 348 g/mol. The van der Waals surface area contributed by atoms with Crippen LogP contribution >= 0.6 is 0 Å². The molecule has 2 aromatic rings. The number of likely N-dealkylation sites (N-methyl/N-ethyl adjacent to an activating group) is 1. The van der Waals surface area contributed by atoms with Gasteiger partial charge in [-0.2, -0.15) is 0 Å². The van der Waals surface area contributed by atoms with Crippen LogP contribution in [0.15, 0.2) is 41.5 Å². The smallest absolute Gasteiger partial charge is 0.191 e.